The van der Waals surface area contributed by atoms with E-state index in [9.17, 15) is 4.39 Å². The summed E-state index contributed by atoms with van der Waals surface area (Å²) in [7, 11) is 0. The quantitative estimate of drug-likeness (QED) is 0.579. The van der Waals surface area contributed by atoms with Crippen molar-refractivity contribution in [2.24, 2.45) is 5.10 Å². The lowest BCUT2D eigenvalue weighted by Crippen LogP contribution is -2.18. The third kappa shape index (κ3) is 3.28. The molecule has 4 heteroatoms. The predicted octanol–water partition coefficient (Wildman–Crippen LogP) is 5.83. The first-order chi connectivity index (χ1) is 12.2. The molecule has 0 amide bonds. The van der Waals surface area contributed by atoms with Gasteiger partial charge in [-0.1, -0.05) is 54.1 Å². The summed E-state index contributed by atoms with van der Waals surface area (Å²) < 4.78 is 13.3. The minimum atomic E-state index is -0.232. The fourth-order valence-corrected chi connectivity index (χ4v) is 3.22. The molecule has 4 rings (SSSR count). The van der Waals surface area contributed by atoms with E-state index in [1.807, 2.05) is 59.6 Å². The van der Waals surface area contributed by atoms with Crippen LogP contribution in [0.1, 0.15) is 23.6 Å². The predicted molar refractivity (Wildman–Crippen MR) is 101 cm³/mol. The Labute approximate surface area is 151 Å². The van der Waals surface area contributed by atoms with Crippen LogP contribution in [0.15, 0.2) is 84.0 Å². The van der Waals surface area contributed by atoms with Crippen LogP contribution < -0.4 is 5.01 Å². The summed E-state index contributed by atoms with van der Waals surface area (Å²) in [6, 6.07) is 24.4. The second-order valence-corrected chi connectivity index (χ2v) is 6.44. The SMILES string of the molecule is Fc1ccc(C2CC(c3ccccc3)=NN2c2ccc(Cl)cc2)cc1. The first kappa shape index (κ1) is 15.9. The molecule has 0 saturated carbocycles. The Morgan fingerprint density at radius 1 is 0.880 bits per heavy atom. The number of halogens is 2. The van der Waals surface area contributed by atoms with Gasteiger partial charge in [0.05, 0.1) is 17.4 Å². The van der Waals surface area contributed by atoms with Crippen molar-refractivity contribution >= 4 is 23.0 Å². The van der Waals surface area contributed by atoms with E-state index in [2.05, 4.69) is 12.1 Å². The molecule has 1 heterocycles. The summed E-state index contributed by atoms with van der Waals surface area (Å²) in [5.41, 5.74) is 4.12. The van der Waals surface area contributed by atoms with Gasteiger partial charge in [-0.25, -0.2) is 4.39 Å². The topological polar surface area (TPSA) is 15.6 Å². The van der Waals surface area contributed by atoms with Crippen LogP contribution in [-0.4, -0.2) is 5.71 Å². The van der Waals surface area contributed by atoms with Gasteiger partial charge in [0.1, 0.15) is 5.82 Å². The van der Waals surface area contributed by atoms with Crippen LogP contribution in [0.3, 0.4) is 0 Å². The molecule has 0 aromatic heterocycles. The van der Waals surface area contributed by atoms with E-state index in [1.54, 1.807) is 0 Å². The Morgan fingerprint density at radius 2 is 1.56 bits per heavy atom. The van der Waals surface area contributed by atoms with Crippen LogP contribution in [-0.2, 0) is 0 Å². The highest BCUT2D eigenvalue weighted by molar-refractivity contribution is 6.30. The molecule has 0 bridgehead atoms. The van der Waals surface area contributed by atoms with Crippen LogP contribution in [0.4, 0.5) is 10.1 Å². The summed E-state index contributed by atoms with van der Waals surface area (Å²) in [5.74, 6) is -0.232. The van der Waals surface area contributed by atoms with Gasteiger partial charge in [-0.3, -0.25) is 5.01 Å². The first-order valence-electron chi connectivity index (χ1n) is 8.14. The number of hydrogen-bond donors (Lipinski definition) is 0. The fraction of sp³-hybridized carbons (Fsp3) is 0.0952. The molecule has 1 atom stereocenters. The van der Waals surface area contributed by atoms with Gasteiger partial charge < -0.3 is 0 Å². The Bertz CT molecular complexity index is 889. The van der Waals surface area contributed by atoms with Crippen LogP contribution in [0.2, 0.25) is 5.02 Å². The maximum atomic E-state index is 13.3. The number of hydrazone groups is 1. The summed E-state index contributed by atoms with van der Waals surface area (Å²) >= 11 is 6.02. The van der Waals surface area contributed by atoms with Crippen molar-refractivity contribution < 1.29 is 4.39 Å². The first-order valence-corrected chi connectivity index (χ1v) is 8.52. The van der Waals surface area contributed by atoms with Gasteiger partial charge in [-0.05, 0) is 47.5 Å². The maximum Gasteiger partial charge on any atom is 0.123 e. The lowest BCUT2D eigenvalue weighted by molar-refractivity contribution is 0.624. The lowest BCUT2D eigenvalue weighted by Gasteiger charge is -2.24. The minimum Gasteiger partial charge on any atom is -0.257 e. The van der Waals surface area contributed by atoms with E-state index in [0.29, 0.717) is 5.02 Å². The minimum absolute atomic E-state index is 0.0250. The van der Waals surface area contributed by atoms with Gasteiger partial charge in [-0.15, -0.1) is 0 Å². The van der Waals surface area contributed by atoms with Crippen molar-refractivity contribution in [3.8, 4) is 0 Å². The monoisotopic (exact) mass is 350 g/mol. The van der Waals surface area contributed by atoms with Crippen molar-refractivity contribution in [1.82, 2.24) is 0 Å². The van der Waals surface area contributed by atoms with E-state index in [1.165, 1.54) is 12.1 Å². The largest absolute Gasteiger partial charge is 0.257 e. The maximum absolute atomic E-state index is 13.3. The van der Waals surface area contributed by atoms with Crippen molar-refractivity contribution in [3.05, 3.63) is 101 Å². The summed E-state index contributed by atoms with van der Waals surface area (Å²) in [5, 5.41) is 7.53. The van der Waals surface area contributed by atoms with Crippen molar-refractivity contribution in [3.63, 3.8) is 0 Å². The highest BCUT2D eigenvalue weighted by Crippen LogP contribution is 2.37. The third-order valence-electron chi connectivity index (χ3n) is 4.36. The molecule has 3 aromatic rings. The van der Waals surface area contributed by atoms with Crippen LogP contribution in [0.5, 0.6) is 0 Å². The molecule has 1 unspecified atom stereocenters. The van der Waals surface area contributed by atoms with Crippen LogP contribution in [0, 0.1) is 5.82 Å². The lowest BCUT2D eigenvalue weighted by atomic mass is 9.98. The van der Waals surface area contributed by atoms with Crippen molar-refractivity contribution in [2.45, 2.75) is 12.5 Å². The number of nitrogens with zero attached hydrogens (tertiary/aromatic N) is 2. The molecule has 25 heavy (non-hydrogen) atoms. The number of rotatable bonds is 3. The second-order valence-electron chi connectivity index (χ2n) is 6.01. The molecule has 1 aliphatic rings. The Morgan fingerprint density at radius 3 is 2.24 bits per heavy atom. The van der Waals surface area contributed by atoms with Gasteiger partial charge in [0.25, 0.3) is 0 Å². The van der Waals surface area contributed by atoms with Gasteiger partial charge in [-0.2, -0.15) is 5.10 Å². The van der Waals surface area contributed by atoms with E-state index >= 15 is 0 Å². The van der Waals surface area contributed by atoms with Gasteiger partial charge in [0, 0.05) is 11.4 Å². The number of hydrogen-bond acceptors (Lipinski definition) is 2. The molecule has 0 N–H and O–H groups in total. The van der Waals surface area contributed by atoms with Crippen LogP contribution >= 0.6 is 11.6 Å². The Hall–Kier alpha value is -2.65. The van der Waals surface area contributed by atoms with E-state index < -0.39 is 0 Å². The molecular formula is C21H16ClFN2. The van der Waals surface area contributed by atoms with Gasteiger partial charge >= 0.3 is 0 Å². The van der Waals surface area contributed by atoms with Crippen molar-refractivity contribution in [1.29, 1.82) is 0 Å². The van der Waals surface area contributed by atoms with E-state index in [-0.39, 0.29) is 11.9 Å². The highest BCUT2D eigenvalue weighted by Gasteiger charge is 2.29. The summed E-state index contributed by atoms with van der Waals surface area (Å²) in [4.78, 5) is 0. The van der Waals surface area contributed by atoms with Gasteiger partial charge in [0.2, 0.25) is 0 Å². The molecule has 124 valence electrons. The van der Waals surface area contributed by atoms with Gasteiger partial charge in [0.15, 0.2) is 0 Å². The third-order valence-corrected chi connectivity index (χ3v) is 4.62. The van der Waals surface area contributed by atoms with E-state index in [0.717, 1.165) is 28.9 Å². The molecule has 0 radical (unpaired) electrons. The molecule has 0 spiro atoms. The molecule has 0 saturated heterocycles. The standard InChI is InChI=1S/C21H16ClFN2/c22-17-8-12-19(13-9-17)25-21(16-6-10-18(23)11-7-16)14-20(24-25)15-4-2-1-3-5-15/h1-13,21H,14H2. The van der Waals surface area contributed by atoms with E-state index in [4.69, 9.17) is 16.7 Å². The summed E-state index contributed by atoms with van der Waals surface area (Å²) in [6.45, 7) is 0. The normalized spacial score (nSPS) is 16.8. The molecule has 0 fully saturated rings. The van der Waals surface area contributed by atoms with Crippen LogP contribution in [0.25, 0.3) is 0 Å². The number of benzene rings is 3. The highest BCUT2D eigenvalue weighted by atomic mass is 35.5. The molecule has 2 nitrogen and oxygen atoms in total. The Kier molecular flexibility index (Phi) is 4.24. The smallest absolute Gasteiger partial charge is 0.123 e. The fourth-order valence-electron chi connectivity index (χ4n) is 3.09. The average Bonchev–Trinajstić information content (AvgIpc) is 3.09. The average molecular weight is 351 g/mol. The summed E-state index contributed by atoms with van der Waals surface area (Å²) in [6.07, 6.45) is 0.762. The molecular weight excluding hydrogens is 335 g/mol. The zero-order valence-electron chi connectivity index (χ0n) is 13.4. The zero-order valence-corrected chi connectivity index (χ0v) is 14.2. The second kappa shape index (κ2) is 6.69. The van der Waals surface area contributed by atoms with Crippen molar-refractivity contribution in [2.75, 3.05) is 5.01 Å². The number of anilines is 1. The molecule has 0 aliphatic carbocycles. The molecule has 3 aromatic carbocycles. The molecule has 1 aliphatic heterocycles. The zero-order chi connectivity index (χ0) is 17.2. The Balaban J connectivity index is 1.74.